The summed E-state index contributed by atoms with van der Waals surface area (Å²) < 4.78 is 16.4. The molecule has 172 valence electrons. The lowest BCUT2D eigenvalue weighted by Gasteiger charge is -2.09. The van der Waals surface area contributed by atoms with Crippen molar-refractivity contribution in [2.45, 2.75) is 20.5 Å². The predicted octanol–water partition coefficient (Wildman–Crippen LogP) is 5.58. The fraction of sp³-hybridized carbons (Fsp3) is 0.148. The lowest BCUT2D eigenvalue weighted by atomic mass is 10.1. The number of hydrogen-bond donors (Lipinski definition) is 1. The molecule has 7 heteroatoms. The van der Waals surface area contributed by atoms with Crippen LogP contribution in [0.5, 0.6) is 5.75 Å². The molecule has 0 unspecified atom stereocenters. The molecule has 0 atom stereocenters. The number of nitrogens with zero attached hydrogens (tertiary/aromatic N) is 1. The van der Waals surface area contributed by atoms with Gasteiger partial charge in [-0.05, 0) is 62.4 Å². The number of para-hydroxylation sites is 1. The van der Waals surface area contributed by atoms with E-state index in [0.29, 0.717) is 35.2 Å². The first-order valence-corrected chi connectivity index (χ1v) is 10.7. The van der Waals surface area contributed by atoms with Crippen LogP contribution in [0.2, 0.25) is 0 Å². The summed E-state index contributed by atoms with van der Waals surface area (Å²) in [5.41, 5.74) is 3.69. The highest BCUT2D eigenvalue weighted by atomic mass is 16.5. The highest BCUT2D eigenvalue weighted by molar-refractivity contribution is 6.08. The van der Waals surface area contributed by atoms with Crippen LogP contribution in [-0.4, -0.2) is 24.0 Å². The zero-order chi connectivity index (χ0) is 24.1. The highest BCUT2D eigenvalue weighted by Crippen LogP contribution is 2.24. The van der Waals surface area contributed by atoms with E-state index in [1.54, 1.807) is 48.5 Å². The van der Waals surface area contributed by atoms with Crippen molar-refractivity contribution in [2.24, 2.45) is 0 Å². The number of esters is 1. The van der Waals surface area contributed by atoms with Gasteiger partial charge in [-0.25, -0.2) is 9.78 Å². The summed E-state index contributed by atoms with van der Waals surface area (Å²) in [4.78, 5) is 29.2. The molecule has 0 fully saturated rings. The number of amides is 1. The number of oxazole rings is 1. The Kier molecular flexibility index (Phi) is 6.73. The van der Waals surface area contributed by atoms with Crippen molar-refractivity contribution < 1.29 is 23.5 Å². The molecule has 1 amide bonds. The van der Waals surface area contributed by atoms with E-state index in [0.717, 1.165) is 16.9 Å². The molecule has 1 heterocycles. The number of rotatable bonds is 7. The van der Waals surface area contributed by atoms with Gasteiger partial charge in [-0.15, -0.1) is 0 Å². The van der Waals surface area contributed by atoms with Gasteiger partial charge in [-0.3, -0.25) is 4.79 Å². The van der Waals surface area contributed by atoms with E-state index in [4.69, 9.17) is 13.9 Å². The van der Waals surface area contributed by atoms with Gasteiger partial charge in [0.25, 0.3) is 5.91 Å². The Bertz CT molecular complexity index is 1310. The van der Waals surface area contributed by atoms with E-state index >= 15 is 0 Å². The van der Waals surface area contributed by atoms with Gasteiger partial charge in [0.1, 0.15) is 23.8 Å². The van der Waals surface area contributed by atoms with Crippen molar-refractivity contribution in [2.75, 3.05) is 12.4 Å². The van der Waals surface area contributed by atoms with Crippen LogP contribution in [-0.2, 0) is 11.3 Å². The number of methoxy groups -OCH3 is 1. The van der Waals surface area contributed by atoms with Crippen LogP contribution < -0.4 is 10.1 Å². The molecule has 1 N–H and O–H groups in total. The first-order valence-electron chi connectivity index (χ1n) is 10.7. The standard InChI is InChI=1S/C27H24N2O5/c1-17-8-14-21(15-9-17)33-16-24-18(2)34-26(29-24)20-12-10-19(11-13-20)25(30)28-23-7-5-4-6-22(23)27(31)32-3/h4-15H,16H2,1-3H3,(H,28,30). The SMILES string of the molecule is COC(=O)c1ccccc1NC(=O)c1ccc(-c2nc(COc3ccc(C)cc3)c(C)o2)cc1. The minimum atomic E-state index is -0.521. The fourth-order valence-corrected chi connectivity index (χ4v) is 3.31. The van der Waals surface area contributed by atoms with Crippen LogP contribution in [0.25, 0.3) is 11.5 Å². The van der Waals surface area contributed by atoms with Crippen LogP contribution in [0.3, 0.4) is 0 Å². The van der Waals surface area contributed by atoms with Crippen LogP contribution in [0.4, 0.5) is 5.69 Å². The van der Waals surface area contributed by atoms with Crippen molar-refractivity contribution in [3.63, 3.8) is 0 Å². The summed E-state index contributed by atoms with van der Waals surface area (Å²) in [6.07, 6.45) is 0. The summed E-state index contributed by atoms with van der Waals surface area (Å²) in [5, 5.41) is 2.75. The summed E-state index contributed by atoms with van der Waals surface area (Å²) >= 11 is 0. The van der Waals surface area contributed by atoms with Gasteiger partial charge in [0.2, 0.25) is 5.89 Å². The van der Waals surface area contributed by atoms with E-state index in [2.05, 4.69) is 10.3 Å². The third-order valence-electron chi connectivity index (χ3n) is 5.26. The molecule has 1 aromatic heterocycles. The Hall–Kier alpha value is -4.39. The number of aryl methyl sites for hydroxylation is 2. The fourth-order valence-electron chi connectivity index (χ4n) is 3.31. The normalized spacial score (nSPS) is 10.6. The molecule has 3 aromatic carbocycles. The Morgan fingerprint density at radius 2 is 1.65 bits per heavy atom. The number of hydrogen-bond acceptors (Lipinski definition) is 6. The van der Waals surface area contributed by atoms with E-state index in [1.165, 1.54) is 7.11 Å². The van der Waals surface area contributed by atoms with Crippen molar-refractivity contribution in [1.29, 1.82) is 0 Å². The zero-order valence-corrected chi connectivity index (χ0v) is 19.1. The average molecular weight is 456 g/mol. The smallest absolute Gasteiger partial charge is 0.339 e. The lowest BCUT2D eigenvalue weighted by molar-refractivity contribution is 0.0602. The van der Waals surface area contributed by atoms with Crippen LogP contribution in [0, 0.1) is 13.8 Å². The quantitative estimate of drug-likeness (QED) is 0.365. The number of carbonyl (C=O) groups is 2. The Labute approximate surface area is 197 Å². The third-order valence-corrected chi connectivity index (χ3v) is 5.26. The number of nitrogens with one attached hydrogen (secondary N) is 1. The average Bonchev–Trinajstić information content (AvgIpc) is 3.24. The number of aromatic nitrogens is 1. The molecular formula is C27H24N2O5. The van der Waals surface area contributed by atoms with Gasteiger partial charge in [-0.1, -0.05) is 29.8 Å². The molecule has 0 radical (unpaired) electrons. The van der Waals surface area contributed by atoms with Crippen molar-refractivity contribution in [3.05, 3.63) is 101 Å². The monoisotopic (exact) mass is 456 g/mol. The van der Waals surface area contributed by atoms with E-state index in [1.807, 2.05) is 38.1 Å². The second-order valence-corrected chi connectivity index (χ2v) is 7.69. The maximum absolute atomic E-state index is 12.7. The molecule has 0 bridgehead atoms. The van der Waals surface area contributed by atoms with E-state index in [-0.39, 0.29) is 11.5 Å². The molecule has 0 aliphatic heterocycles. The van der Waals surface area contributed by atoms with Gasteiger partial charge in [0.15, 0.2) is 0 Å². The van der Waals surface area contributed by atoms with Crippen LogP contribution in [0.15, 0.2) is 77.2 Å². The molecule has 0 saturated heterocycles. The minimum absolute atomic E-state index is 0.283. The number of anilines is 1. The first-order chi connectivity index (χ1) is 16.4. The molecule has 0 aliphatic carbocycles. The topological polar surface area (TPSA) is 90.7 Å². The maximum atomic E-state index is 12.7. The molecular weight excluding hydrogens is 432 g/mol. The van der Waals surface area contributed by atoms with E-state index in [9.17, 15) is 9.59 Å². The Morgan fingerprint density at radius 1 is 0.941 bits per heavy atom. The molecule has 34 heavy (non-hydrogen) atoms. The molecule has 4 aromatic rings. The second kappa shape index (κ2) is 10.0. The van der Waals surface area contributed by atoms with E-state index < -0.39 is 5.97 Å². The number of carbonyl (C=O) groups excluding carboxylic acids is 2. The summed E-state index contributed by atoms with van der Waals surface area (Å²) in [5.74, 6) is 1.01. The highest BCUT2D eigenvalue weighted by Gasteiger charge is 2.16. The van der Waals surface area contributed by atoms with Gasteiger partial charge in [0.05, 0.1) is 18.4 Å². The summed E-state index contributed by atoms with van der Waals surface area (Å²) in [7, 11) is 1.30. The first kappa shape index (κ1) is 22.8. The Balaban J connectivity index is 1.45. The van der Waals surface area contributed by atoms with Gasteiger partial charge >= 0.3 is 5.97 Å². The minimum Gasteiger partial charge on any atom is -0.487 e. The lowest BCUT2D eigenvalue weighted by Crippen LogP contribution is -2.15. The van der Waals surface area contributed by atoms with Crippen molar-refractivity contribution >= 4 is 17.6 Å². The molecule has 0 aliphatic rings. The number of benzene rings is 3. The van der Waals surface area contributed by atoms with Crippen molar-refractivity contribution in [1.82, 2.24) is 4.98 Å². The molecule has 4 rings (SSSR count). The summed E-state index contributed by atoms with van der Waals surface area (Å²) in [6.45, 7) is 4.15. The van der Waals surface area contributed by atoms with Crippen LogP contribution in [0.1, 0.15) is 37.7 Å². The van der Waals surface area contributed by atoms with Gasteiger partial charge in [-0.2, -0.15) is 0 Å². The molecule has 0 saturated carbocycles. The third kappa shape index (κ3) is 5.15. The van der Waals surface area contributed by atoms with Crippen molar-refractivity contribution in [3.8, 4) is 17.2 Å². The predicted molar refractivity (Wildman–Crippen MR) is 128 cm³/mol. The largest absolute Gasteiger partial charge is 0.487 e. The molecule has 7 nitrogen and oxygen atoms in total. The Morgan fingerprint density at radius 3 is 2.35 bits per heavy atom. The second-order valence-electron chi connectivity index (χ2n) is 7.69. The number of ether oxygens (including phenoxy) is 2. The summed E-state index contributed by atoms with van der Waals surface area (Å²) in [6, 6.07) is 21.4. The maximum Gasteiger partial charge on any atom is 0.339 e. The molecule has 0 spiro atoms. The van der Waals surface area contributed by atoms with Gasteiger partial charge < -0.3 is 19.2 Å². The van der Waals surface area contributed by atoms with Crippen LogP contribution >= 0.6 is 0 Å². The zero-order valence-electron chi connectivity index (χ0n) is 19.1. The van der Waals surface area contributed by atoms with Gasteiger partial charge in [0, 0.05) is 11.1 Å².